The summed E-state index contributed by atoms with van der Waals surface area (Å²) in [5.41, 5.74) is 11.7. The molecule has 138 valence electrons. The number of ether oxygens (including phenoxy) is 2. The average Bonchev–Trinajstić information content (AvgIpc) is 2.69. The van der Waals surface area contributed by atoms with E-state index in [1.165, 1.54) is 6.33 Å². The summed E-state index contributed by atoms with van der Waals surface area (Å²) in [5, 5.41) is 0.458. The third-order valence-corrected chi connectivity index (χ3v) is 3.74. The largest absolute Gasteiger partial charge is 0.497 e. The first kappa shape index (κ1) is 18.3. The van der Waals surface area contributed by atoms with Crippen LogP contribution >= 0.6 is 11.6 Å². The summed E-state index contributed by atoms with van der Waals surface area (Å²) >= 11 is 5.88. The van der Waals surface area contributed by atoms with E-state index < -0.39 is 5.91 Å². The van der Waals surface area contributed by atoms with E-state index in [2.05, 4.69) is 20.8 Å². The van der Waals surface area contributed by atoms with Crippen LogP contribution in [-0.2, 0) is 0 Å². The van der Waals surface area contributed by atoms with Crippen molar-refractivity contribution in [3.63, 3.8) is 0 Å². The van der Waals surface area contributed by atoms with Crippen LogP contribution in [0.5, 0.6) is 17.4 Å². The summed E-state index contributed by atoms with van der Waals surface area (Å²) in [6, 6.07) is 13.5. The Balaban J connectivity index is 1.69. The zero-order chi connectivity index (χ0) is 19.2. The number of nitrogens with zero attached hydrogens (tertiary/aromatic N) is 2. The van der Waals surface area contributed by atoms with E-state index in [4.69, 9.17) is 26.8 Å². The number of nitrogens with one attached hydrogen (secondary N) is 2. The van der Waals surface area contributed by atoms with Gasteiger partial charge in [0.2, 0.25) is 5.88 Å². The zero-order valence-electron chi connectivity index (χ0n) is 14.3. The number of carbonyl (C=O) groups excluding carboxylic acids is 1. The number of aromatic nitrogens is 2. The normalized spacial score (nSPS) is 10.1. The fourth-order valence-electron chi connectivity index (χ4n) is 2.13. The highest BCUT2D eigenvalue weighted by molar-refractivity contribution is 6.30. The van der Waals surface area contributed by atoms with E-state index in [0.717, 1.165) is 0 Å². The molecule has 1 aromatic heterocycles. The summed E-state index contributed by atoms with van der Waals surface area (Å²) < 4.78 is 10.8. The van der Waals surface area contributed by atoms with Crippen molar-refractivity contribution in [3.8, 4) is 17.4 Å². The van der Waals surface area contributed by atoms with E-state index in [0.29, 0.717) is 22.1 Å². The number of anilines is 2. The van der Waals surface area contributed by atoms with Crippen LogP contribution in [0.2, 0.25) is 5.02 Å². The van der Waals surface area contributed by atoms with Gasteiger partial charge in [-0.1, -0.05) is 17.7 Å². The maximum Gasteiger partial charge on any atom is 0.269 e. The summed E-state index contributed by atoms with van der Waals surface area (Å²) in [7, 11) is 1.58. The highest BCUT2D eigenvalue weighted by Crippen LogP contribution is 2.29. The van der Waals surface area contributed by atoms with Crippen LogP contribution in [0.1, 0.15) is 10.4 Å². The van der Waals surface area contributed by atoms with E-state index in [1.807, 2.05) is 0 Å². The Morgan fingerprint density at radius 3 is 2.56 bits per heavy atom. The van der Waals surface area contributed by atoms with Gasteiger partial charge in [0.05, 0.1) is 7.11 Å². The first-order valence-corrected chi connectivity index (χ1v) is 8.19. The molecule has 0 aliphatic carbocycles. The molecule has 0 atom stereocenters. The number of methoxy groups -OCH3 is 1. The van der Waals surface area contributed by atoms with Gasteiger partial charge in [0.25, 0.3) is 5.91 Å². The average molecular weight is 386 g/mol. The fourth-order valence-corrected chi connectivity index (χ4v) is 2.32. The van der Waals surface area contributed by atoms with Crippen molar-refractivity contribution < 1.29 is 14.3 Å². The molecule has 0 spiro atoms. The Morgan fingerprint density at radius 1 is 1.11 bits per heavy atom. The summed E-state index contributed by atoms with van der Waals surface area (Å²) in [6.07, 6.45) is 1.27. The number of nitrogens with two attached hydrogens (primary N) is 1. The van der Waals surface area contributed by atoms with Crippen molar-refractivity contribution in [1.82, 2.24) is 15.4 Å². The molecule has 1 heterocycles. The minimum Gasteiger partial charge on any atom is -0.497 e. The second-order valence-corrected chi connectivity index (χ2v) is 5.74. The Hall–Kier alpha value is -3.52. The first-order valence-electron chi connectivity index (χ1n) is 7.81. The van der Waals surface area contributed by atoms with E-state index >= 15 is 0 Å². The molecule has 0 bridgehead atoms. The molecule has 0 fully saturated rings. The number of halogens is 1. The van der Waals surface area contributed by atoms with Gasteiger partial charge in [-0.25, -0.2) is 4.98 Å². The van der Waals surface area contributed by atoms with Crippen molar-refractivity contribution in [2.75, 3.05) is 18.3 Å². The number of nitrogen functional groups attached to an aromatic ring is 1. The van der Waals surface area contributed by atoms with Crippen molar-refractivity contribution in [3.05, 3.63) is 65.4 Å². The standard InChI is InChI=1S/C18H16ClN5O3/c1-26-13-5-7-14(8-6-13)27-18-15(20)16(21-10-22-18)23-24-17(25)11-3-2-4-12(19)9-11/h2-10H,20H2,1H3,(H,24,25)(H,21,22,23). The van der Waals surface area contributed by atoms with E-state index in [-0.39, 0.29) is 17.4 Å². The lowest BCUT2D eigenvalue weighted by Crippen LogP contribution is -2.30. The first-order chi connectivity index (χ1) is 13.1. The SMILES string of the molecule is COc1ccc(Oc2ncnc(NNC(=O)c3cccc(Cl)c3)c2N)cc1. The molecule has 27 heavy (non-hydrogen) atoms. The molecule has 3 rings (SSSR count). The van der Waals surface area contributed by atoms with Gasteiger partial charge in [0.15, 0.2) is 5.82 Å². The second-order valence-electron chi connectivity index (χ2n) is 5.31. The number of amides is 1. The highest BCUT2D eigenvalue weighted by Gasteiger charge is 2.12. The minimum absolute atomic E-state index is 0.139. The van der Waals surface area contributed by atoms with Gasteiger partial charge in [-0.15, -0.1) is 0 Å². The van der Waals surface area contributed by atoms with Gasteiger partial charge in [-0.3, -0.25) is 15.6 Å². The Bertz CT molecular complexity index is 950. The van der Waals surface area contributed by atoms with Gasteiger partial charge >= 0.3 is 0 Å². The number of hydrazine groups is 1. The van der Waals surface area contributed by atoms with E-state index in [1.54, 1.807) is 55.6 Å². The van der Waals surface area contributed by atoms with Crippen LogP contribution in [-0.4, -0.2) is 23.0 Å². The quantitative estimate of drug-likeness (QED) is 0.558. The summed E-state index contributed by atoms with van der Waals surface area (Å²) in [5.74, 6) is 1.17. The van der Waals surface area contributed by atoms with Crippen molar-refractivity contribution >= 4 is 29.0 Å². The molecule has 2 aromatic carbocycles. The van der Waals surface area contributed by atoms with Crippen LogP contribution < -0.4 is 26.1 Å². The molecule has 3 aromatic rings. The Labute approximate surface area is 160 Å². The smallest absolute Gasteiger partial charge is 0.269 e. The Morgan fingerprint density at radius 2 is 1.85 bits per heavy atom. The summed E-state index contributed by atoms with van der Waals surface area (Å²) in [4.78, 5) is 20.2. The predicted octanol–water partition coefficient (Wildman–Crippen LogP) is 3.27. The molecule has 1 amide bonds. The fraction of sp³-hybridized carbons (Fsp3) is 0.0556. The van der Waals surface area contributed by atoms with Crippen LogP contribution in [0.3, 0.4) is 0 Å². The van der Waals surface area contributed by atoms with Crippen LogP contribution in [0, 0.1) is 0 Å². The Kier molecular flexibility index (Phi) is 5.58. The summed E-state index contributed by atoms with van der Waals surface area (Å²) in [6.45, 7) is 0. The minimum atomic E-state index is -0.395. The third kappa shape index (κ3) is 4.56. The van der Waals surface area contributed by atoms with Gasteiger partial charge in [-0.2, -0.15) is 4.98 Å². The molecule has 0 aliphatic rings. The number of benzene rings is 2. The molecule has 0 saturated heterocycles. The zero-order valence-corrected chi connectivity index (χ0v) is 15.0. The predicted molar refractivity (Wildman–Crippen MR) is 102 cm³/mol. The molecule has 0 unspecified atom stereocenters. The highest BCUT2D eigenvalue weighted by atomic mass is 35.5. The number of rotatable bonds is 6. The molecular formula is C18H16ClN5O3. The van der Waals surface area contributed by atoms with Crippen molar-refractivity contribution in [1.29, 1.82) is 0 Å². The molecule has 0 aliphatic heterocycles. The van der Waals surface area contributed by atoms with Crippen molar-refractivity contribution in [2.24, 2.45) is 0 Å². The monoisotopic (exact) mass is 385 g/mol. The van der Waals surface area contributed by atoms with Crippen LogP contribution in [0.4, 0.5) is 11.5 Å². The molecule has 4 N–H and O–H groups in total. The number of hydrogen-bond donors (Lipinski definition) is 3. The molecule has 0 saturated carbocycles. The van der Waals surface area contributed by atoms with Gasteiger partial charge in [0.1, 0.15) is 23.5 Å². The second kappa shape index (κ2) is 8.24. The lowest BCUT2D eigenvalue weighted by molar-refractivity contribution is 0.0962. The van der Waals surface area contributed by atoms with Gasteiger partial charge in [0, 0.05) is 10.6 Å². The topological polar surface area (TPSA) is 111 Å². The van der Waals surface area contributed by atoms with Crippen molar-refractivity contribution in [2.45, 2.75) is 0 Å². The van der Waals surface area contributed by atoms with Gasteiger partial charge < -0.3 is 15.2 Å². The van der Waals surface area contributed by atoms with E-state index in [9.17, 15) is 4.79 Å². The third-order valence-electron chi connectivity index (χ3n) is 3.50. The maximum atomic E-state index is 12.2. The molecule has 9 heteroatoms. The molecular weight excluding hydrogens is 370 g/mol. The number of carbonyl (C=O) groups is 1. The van der Waals surface area contributed by atoms with Gasteiger partial charge in [-0.05, 0) is 42.5 Å². The molecule has 0 radical (unpaired) electrons. The van der Waals surface area contributed by atoms with Crippen LogP contribution in [0.25, 0.3) is 0 Å². The number of hydrogen-bond acceptors (Lipinski definition) is 7. The lowest BCUT2D eigenvalue weighted by atomic mass is 10.2. The maximum absolute atomic E-state index is 12.2. The van der Waals surface area contributed by atoms with Crippen LogP contribution in [0.15, 0.2) is 54.9 Å². The molecule has 8 nitrogen and oxygen atoms in total. The lowest BCUT2D eigenvalue weighted by Gasteiger charge is -2.12.